The first-order chi connectivity index (χ1) is 8.58. The molecule has 0 fully saturated rings. The van der Waals surface area contributed by atoms with Gasteiger partial charge in [0.1, 0.15) is 18.1 Å². The number of halogens is 2. The number of anilines is 1. The lowest BCUT2D eigenvalue weighted by atomic mass is 10.2. The predicted octanol–water partition coefficient (Wildman–Crippen LogP) is 2.74. The molecule has 6 heteroatoms. The summed E-state index contributed by atoms with van der Waals surface area (Å²) in [4.78, 5) is 7.74. The van der Waals surface area contributed by atoms with Crippen molar-refractivity contribution >= 4 is 17.3 Å². The van der Waals surface area contributed by atoms with Crippen molar-refractivity contribution in [2.24, 2.45) is 0 Å². The second kappa shape index (κ2) is 5.18. The smallest absolute Gasteiger partial charge is 0.242 e. The van der Waals surface area contributed by atoms with Gasteiger partial charge in [0.05, 0.1) is 5.69 Å². The molecule has 2 rings (SSSR count). The van der Waals surface area contributed by atoms with Crippen LogP contribution < -0.4 is 10.5 Å². The van der Waals surface area contributed by atoms with Crippen molar-refractivity contribution in [3.8, 4) is 5.88 Å². The molecule has 0 saturated carbocycles. The van der Waals surface area contributed by atoms with Crippen molar-refractivity contribution < 1.29 is 9.13 Å². The molecule has 0 radical (unpaired) electrons. The average Bonchev–Trinajstić information content (AvgIpc) is 2.33. The fourth-order valence-corrected chi connectivity index (χ4v) is 1.60. The summed E-state index contributed by atoms with van der Waals surface area (Å²) >= 11 is 5.70. The van der Waals surface area contributed by atoms with E-state index in [0.29, 0.717) is 16.9 Å². The minimum absolute atomic E-state index is 0.0314. The molecule has 0 amide bonds. The topological polar surface area (TPSA) is 61.0 Å². The van der Waals surface area contributed by atoms with Crippen molar-refractivity contribution in [1.82, 2.24) is 9.97 Å². The maximum absolute atomic E-state index is 13.4. The van der Waals surface area contributed by atoms with Gasteiger partial charge in [-0.1, -0.05) is 18.2 Å². The molecular formula is C12H11ClFN3O. The van der Waals surface area contributed by atoms with E-state index in [1.54, 1.807) is 25.1 Å². The van der Waals surface area contributed by atoms with Gasteiger partial charge in [0.15, 0.2) is 0 Å². The SMILES string of the molecule is Cc1nc(Cl)nc(OCc2ccccc2F)c1N. The number of nitrogens with zero attached hydrogens (tertiary/aromatic N) is 2. The number of ether oxygens (including phenoxy) is 1. The summed E-state index contributed by atoms with van der Waals surface area (Å²) in [7, 11) is 0. The first-order valence-electron chi connectivity index (χ1n) is 5.23. The molecule has 2 aromatic rings. The molecule has 0 bridgehead atoms. The van der Waals surface area contributed by atoms with E-state index in [-0.39, 0.29) is 23.6 Å². The van der Waals surface area contributed by atoms with Crippen LogP contribution in [0, 0.1) is 12.7 Å². The lowest BCUT2D eigenvalue weighted by Gasteiger charge is -2.09. The molecule has 0 aliphatic heterocycles. The fraction of sp³-hybridized carbons (Fsp3) is 0.167. The molecule has 0 saturated heterocycles. The van der Waals surface area contributed by atoms with Crippen molar-refractivity contribution in [2.45, 2.75) is 13.5 Å². The van der Waals surface area contributed by atoms with Gasteiger partial charge in [-0.3, -0.25) is 0 Å². The Labute approximate surface area is 109 Å². The van der Waals surface area contributed by atoms with Crippen LogP contribution in [0.5, 0.6) is 5.88 Å². The van der Waals surface area contributed by atoms with Crippen molar-refractivity contribution in [1.29, 1.82) is 0 Å². The zero-order chi connectivity index (χ0) is 13.1. The van der Waals surface area contributed by atoms with Gasteiger partial charge in [0.25, 0.3) is 0 Å². The van der Waals surface area contributed by atoms with Gasteiger partial charge in [0.2, 0.25) is 11.2 Å². The van der Waals surface area contributed by atoms with E-state index in [4.69, 9.17) is 22.1 Å². The van der Waals surface area contributed by atoms with Gasteiger partial charge in [0, 0.05) is 5.56 Å². The molecule has 1 heterocycles. The fourth-order valence-electron chi connectivity index (χ4n) is 1.39. The Bertz CT molecular complexity index is 577. The highest BCUT2D eigenvalue weighted by Gasteiger charge is 2.10. The number of aryl methyl sites for hydroxylation is 1. The van der Waals surface area contributed by atoms with E-state index >= 15 is 0 Å². The summed E-state index contributed by atoms with van der Waals surface area (Å²) < 4.78 is 18.7. The second-order valence-corrected chi connectivity index (χ2v) is 4.02. The number of benzene rings is 1. The molecule has 4 nitrogen and oxygen atoms in total. The summed E-state index contributed by atoms with van der Waals surface area (Å²) in [5.41, 5.74) is 7.00. The van der Waals surface area contributed by atoms with Gasteiger partial charge in [-0.2, -0.15) is 4.98 Å². The van der Waals surface area contributed by atoms with E-state index in [1.807, 2.05) is 0 Å². The van der Waals surface area contributed by atoms with E-state index in [1.165, 1.54) is 6.07 Å². The molecule has 0 spiro atoms. The Kier molecular flexibility index (Phi) is 3.62. The molecule has 1 aromatic heterocycles. The molecule has 18 heavy (non-hydrogen) atoms. The second-order valence-electron chi connectivity index (χ2n) is 3.68. The first kappa shape index (κ1) is 12.6. The standard InChI is InChI=1S/C12H11ClFN3O/c1-7-10(15)11(17-12(13)16-7)18-6-8-4-2-3-5-9(8)14/h2-5H,6,15H2,1H3. The molecule has 0 aliphatic rings. The van der Waals surface area contributed by atoms with Gasteiger partial charge < -0.3 is 10.5 Å². The van der Waals surface area contributed by atoms with Crippen LogP contribution in [0.2, 0.25) is 5.28 Å². The molecule has 1 aromatic carbocycles. The number of hydrogen-bond acceptors (Lipinski definition) is 4. The lowest BCUT2D eigenvalue weighted by Crippen LogP contribution is -2.05. The van der Waals surface area contributed by atoms with Crippen LogP contribution in [0.4, 0.5) is 10.1 Å². The third-order valence-electron chi connectivity index (χ3n) is 2.40. The highest BCUT2D eigenvalue weighted by molar-refractivity contribution is 6.28. The summed E-state index contributed by atoms with van der Waals surface area (Å²) in [6.07, 6.45) is 0. The highest BCUT2D eigenvalue weighted by Crippen LogP contribution is 2.24. The normalized spacial score (nSPS) is 10.4. The minimum atomic E-state index is -0.340. The Balaban J connectivity index is 2.18. The average molecular weight is 268 g/mol. The zero-order valence-corrected chi connectivity index (χ0v) is 10.4. The van der Waals surface area contributed by atoms with Crippen molar-refractivity contribution in [2.75, 3.05) is 5.73 Å². The zero-order valence-electron chi connectivity index (χ0n) is 9.65. The van der Waals surface area contributed by atoms with E-state index in [0.717, 1.165) is 0 Å². The van der Waals surface area contributed by atoms with Gasteiger partial charge >= 0.3 is 0 Å². The molecule has 94 valence electrons. The number of hydrogen-bond donors (Lipinski definition) is 1. The third kappa shape index (κ3) is 2.68. The number of aromatic nitrogens is 2. The first-order valence-corrected chi connectivity index (χ1v) is 5.61. The Morgan fingerprint density at radius 3 is 2.78 bits per heavy atom. The number of nitrogen functional groups attached to an aromatic ring is 1. The molecular weight excluding hydrogens is 257 g/mol. The minimum Gasteiger partial charge on any atom is -0.471 e. The van der Waals surface area contributed by atoms with Crippen LogP contribution in [0.15, 0.2) is 24.3 Å². The third-order valence-corrected chi connectivity index (χ3v) is 2.57. The van der Waals surface area contributed by atoms with E-state index < -0.39 is 0 Å². The summed E-state index contributed by atoms with van der Waals surface area (Å²) in [5, 5.41) is 0.0465. The lowest BCUT2D eigenvalue weighted by molar-refractivity contribution is 0.289. The van der Waals surface area contributed by atoms with Crippen LogP contribution in [-0.4, -0.2) is 9.97 Å². The Hall–Kier alpha value is -1.88. The molecule has 0 unspecified atom stereocenters. The van der Waals surface area contributed by atoms with Gasteiger partial charge in [-0.25, -0.2) is 9.37 Å². The van der Waals surface area contributed by atoms with Gasteiger partial charge in [-0.15, -0.1) is 0 Å². The molecule has 2 N–H and O–H groups in total. The Morgan fingerprint density at radius 1 is 1.33 bits per heavy atom. The van der Waals surface area contributed by atoms with Crippen LogP contribution in [0.3, 0.4) is 0 Å². The van der Waals surface area contributed by atoms with Crippen molar-refractivity contribution in [3.05, 3.63) is 46.6 Å². The summed E-state index contributed by atoms with van der Waals surface area (Å²) in [6.45, 7) is 1.72. The Morgan fingerprint density at radius 2 is 2.06 bits per heavy atom. The summed E-state index contributed by atoms with van der Waals surface area (Å²) in [5.74, 6) is -0.177. The maximum Gasteiger partial charge on any atom is 0.242 e. The molecule has 0 atom stereocenters. The number of rotatable bonds is 3. The van der Waals surface area contributed by atoms with Crippen LogP contribution in [0.1, 0.15) is 11.3 Å². The maximum atomic E-state index is 13.4. The van der Waals surface area contributed by atoms with Crippen LogP contribution >= 0.6 is 11.6 Å². The van der Waals surface area contributed by atoms with Crippen LogP contribution in [0.25, 0.3) is 0 Å². The predicted molar refractivity (Wildman–Crippen MR) is 66.9 cm³/mol. The van der Waals surface area contributed by atoms with Crippen molar-refractivity contribution in [3.63, 3.8) is 0 Å². The molecule has 0 aliphatic carbocycles. The van der Waals surface area contributed by atoms with Gasteiger partial charge in [-0.05, 0) is 24.6 Å². The van der Waals surface area contributed by atoms with Crippen LogP contribution in [-0.2, 0) is 6.61 Å². The highest BCUT2D eigenvalue weighted by atomic mass is 35.5. The van der Waals surface area contributed by atoms with E-state index in [2.05, 4.69) is 9.97 Å². The number of nitrogens with two attached hydrogens (primary N) is 1. The summed E-state index contributed by atoms with van der Waals surface area (Å²) in [6, 6.07) is 6.32. The van der Waals surface area contributed by atoms with E-state index in [9.17, 15) is 4.39 Å². The largest absolute Gasteiger partial charge is 0.471 e. The monoisotopic (exact) mass is 267 g/mol. The quantitative estimate of drug-likeness (QED) is 0.869.